The minimum Gasteiger partial charge on any atom is -0.497 e. The van der Waals surface area contributed by atoms with Crippen molar-refractivity contribution in [2.24, 2.45) is 0 Å². The summed E-state index contributed by atoms with van der Waals surface area (Å²) < 4.78 is 10.7. The first-order valence-corrected chi connectivity index (χ1v) is 10.4. The van der Waals surface area contributed by atoms with E-state index in [1.807, 2.05) is 36.4 Å². The van der Waals surface area contributed by atoms with Crippen LogP contribution in [-0.2, 0) is 6.61 Å². The van der Waals surface area contributed by atoms with Crippen LogP contribution in [0.4, 0.5) is 0 Å². The average Bonchev–Trinajstić information content (AvgIpc) is 2.71. The highest BCUT2D eigenvalue weighted by Gasteiger charge is 2.36. The van der Waals surface area contributed by atoms with Gasteiger partial charge < -0.3 is 20.1 Å². The molecule has 1 heterocycles. The molecule has 0 aliphatic carbocycles. The van der Waals surface area contributed by atoms with Gasteiger partial charge >= 0.3 is 0 Å². The Labute approximate surface area is 181 Å². The highest BCUT2D eigenvalue weighted by molar-refractivity contribution is 5.74. The van der Waals surface area contributed by atoms with E-state index in [1.165, 1.54) is 12.8 Å². The quantitative estimate of drug-likeness (QED) is 0.679. The zero-order chi connectivity index (χ0) is 22.2. The van der Waals surface area contributed by atoms with Gasteiger partial charge in [0.05, 0.1) is 7.11 Å². The lowest BCUT2D eigenvalue weighted by Gasteiger charge is -2.46. The van der Waals surface area contributed by atoms with Crippen LogP contribution in [0.1, 0.15) is 56.5 Å². The summed E-state index contributed by atoms with van der Waals surface area (Å²) in [5.74, 6) is 1.59. The third kappa shape index (κ3) is 7.81. The molecule has 0 aromatic heterocycles. The maximum Gasteiger partial charge on any atom is 0.150 e. The number of rotatable bonds is 6. The van der Waals surface area contributed by atoms with Crippen molar-refractivity contribution in [2.45, 2.75) is 64.3 Å². The number of carbonyl (C=O) groups excluding carboxylic acids is 1. The zero-order valence-electron chi connectivity index (χ0n) is 19.1. The fourth-order valence-corrected chi connectivity index (χ4v) is 4.06. The predicted molar refractivity (Wildman–Crippen MR) is 123 cm³/mol. The van der Waals surface area contributed by atoms with Crippen molar-refractivity contribution >= 4 is 6.29 Å². The molecule has 0 saturated carbocycles. The van der Waals surface area contributed by atoms with E-state index in [1.54, 1.807) is 19.2 Å². The molecule has 5 heteroatoms. The normalized spacial score (nSPS) is 17.4. The van der Waals surface area contributed by atoms with Gasteiger partial charge in [-0.2, -0.15) is 0 Å². The minimum absolute atomic E-state index is 0.273. The molecule has 30 heavy (non-hydrogen) atoms. The Morgan fingerprint density at radius 1 is 0.967 bits per heavy atom. The first kappa shape index (κ1) is 23.9. The van der Waals surface area contributed by atoms with Crippen LogP contribution in [0.3, 0.4) is 0 Å². The number of carbonyl (C=O) groups is 1. The number of hydrogen-bond acceptors (Lipinski definition) is 5. The molecular formula is C25H36N2O3. The molecular weight excluding hydrogens is 376 g/mol. The second-order valence-electron chi connectivity index (χ2n) is 9.11. The molecule has 0 bridgehead atoms. The van der Waals surface area contributed by atoms with Crippen molar-refractivity contribution in [1.29, 1.82) is 0 Å². The van der Waals surface area contributed by atoms with Crippen LogP contribution in [0.15, 0.2) is 48.5 Å². The molecule has 2 N–H and O–H groups in total. The van der Waals surface area contributed by atoms with Gasteiger partial charge in [-0.15, -0.1) is 0 Å². The highest BCUT2D eigenvalue weighted by atomic mass is 16.5. The third-order valence-corrected chi connectivity index (χ3v) is 5.18. The summed E-state index contributed by atoms with van der Waals surface area (Å²) in [6, 6.07) is 15.4. The van der Waals surface area contributed by atoms with Crippen molar-refractivity contribution in [2.75, 3.05) is 14.2 Å². The van der Waals surface area contributed by atoms with E-state index in [-0.39, 0.29) is 11.1 Å². The summed E-state index contributed by atoms with van der Waals surface area (Å²) in [7, 11) is 3.69. The standard InChI is InChI=1S/C15H14O3.C10H22N2/c1-17-14-6-8-15(9-7-14)18-11-13-4-2-12(10-16)3-5-13;1-9(2)6-8(11-5)7-10(3,4)12-9/h2-10H,11H2,1H3;8,11-12H,6-7H2,1-5H3. The van der Waals surface area contributed by atoms with Crippen molar-refractivity contribution < 1.29 is 14.3 Å². The monoisotopic (exact) mass is 412 g/mol. The summed E-state index contributed by atoms with van der Waals surface area (Å²) in [5.41, 5.74) is 2.24. The summed E-state index contributed by atoms with van der Waals surface area (Å²) in [6.07, 6.45) is 3.26. The van der Waals surface area contributed by atoms with Gasteiger partial charge in [-0.05, 0) is 77.4 Å². The number of ether oxygens (including phenoxy) is 2. The Balaban J connectivity index is 0.000000232. The first-order chi connectivity index (χ1) is 14.2. The summed E-state index contributed by atoms with van der Waals surface area (Å²) in [4.78, 5) is 10.5. The maximum atomic E-state index is 10.5. The average molecular weight is 413 g/mol. The number of aldehydes is 1. The van der Waals surface area contributed by atoms with E-state index in [9.17, 15) is 4.79 Å². The molecule has 5 nitrogen and oxygen atoms in total. The fourth-order valence-electron chi connectivity index (χ4n) is 4.06. The van der Waals surface area contributed by atoms with Gasteiger partial charge in [-0.25, -0.2) is 0 Å². The van der Waals surface area contributed by atoms with Crippen LogP contribution in [0.25, 0.3) is 0 Å². The minimum atomic E-state index is 0.273. The van der Waals surface area contributed by atoms with Crippen molar-refractivity contribution in [1.82, 2.24) is 10.6 Å². The fraction of sp³-hybridized carbons (Fsp3) is 0.480. The molecule has 0 spiro atoms. The van der Waals surface area contributed by atoms with Gasteiger partial charge in [0.15, 0.2) is 0 Å². The van der Waals surface area contributed by atoms with Crippen molar-refractivity contribution in [3.8, 4) is 11.5 Å². The van der Waals surface area contributed by atoms with Gasteiger partial charge in [-0.1, -0.05) is 24.3 Å². The van der Waals surface area contributed by atoms with E-state index in [2.05, 4.69) is 45.4 Å². The molecule has 0 atom stereocenters. The van der Waals surface area contributed by atoms with Gasteiger partial charge in [-0.3, -0.25) is 4.79 Å². The predicted octanol–water partition coefficient (Wildman–Crippen LogP) is 4.60. The molecule has 3 rings (SSSR count). The molecule has 1 aliphatic rings. The lowest BCUT2D eigenvalue weighted by molar-refractivity contribution is 0.112. The maximum absolute atomic E-state index is 10.5. The second kappa shape index (κ2) is 10.6. The summed E-state index contributed by atoms with van der Waals surface area (Å²) in [6.45, 7) is 9.58. The number of hydrogen-bond donors (Lipinski definition) is 2. The van der Waals surface area contributed by atoms with Crippen molar-refractivity contribution in [3.63, 3.8) is 0 Å². The molecule has 2 aromatic rings. The molecule has 0 radical (unpaired) electrons. The van der Waals surface area contributed by atoms with Gasteiger partial charge in [0, 0.05) is 22.7 Å². The number of methoxy groups -OCH3 is 1. The molecule has 1 fully saturated rings. The molecule has 1 aliphatic heterocycles. The van der Waals surface area contributed by atoms with Gasteiger partial charge in [0.2, 0.25) is 0 Å². The molecule has 164 valence electrons. The van der Waals surface area contributed by atoms with E-state index in [0.717, 1.165) is 23.3 Å². The van der Waals surface area contributed by atoms with Crippen LogP contribution in [0.2, 0.25) is 0 Å². The SMILES string of the molecule is CNC1CC(C)(C)NC(C)(C)C1.COc1ccc(OCc2ccc(C=O)cc2)cc1. The lowest BCUT2D eigenvalue weighted by Crippen LogP contribution is -2.61. The summed E-state index contributed by atoms with van der Waals surface area (Å²) >= 11 is 0. The Morgan fingerprint density at radius 3 is 1.97 bits per heavy atom. The Kier molecular flexibility index (Phi) is 8.44. The van der Waals surface area contributed by atoms with Crippen LogP contribution < -0.4 is 20.1 Å². The van der Waals surface area contributed by atoms with Gasteiger partial charge in [0.1, 0.15) is 24.4 Å². The molecule has 2 aromatic carbocycles. The van der Waals surface area contributed by atoms with Crippen molar-refractivity contribution in [3.05, 3.63) is 59.7 Å². The first-order valence-electron chi connectivity index (χ1n) is 10.4. The second-order valence-corrected chi connectivity index (χ2v) is 9.11. The van der Waals surface area contributed by atoms with E-state index in [4.69, 9.17) is 9.47 Å². The molecule has 0 amide bonds. The molecule has 1 saturated heterocycles. The van der Waals surface area contributed by atoms with Crippen LogP contribution in [0.5, 0.6) is 11.5 Å². The van der Waals surface area contributed by atoms with E-state index in [0.29, 0.717) is 18.2 Å². The largest absolute Gasteiger partial charge is 0.497 e. The Morgan fingerprint density at radius 2 is 1.50 bits per heavy atom. The van der Waals surface area contributed by atoms with Crippen LogP contribution >= 0.6 is 0 Å². The van der Waals surface area contributed by atoms with Crippen LogP contribution in [-0.4, -0.2) is 37.6 Å². The lowest BCUT2D eigenvalue weighted by atomic mass is 9.80. The van der Waals surface area contributed by atoms with E-state index >= 15 is 0 Å². The molecule has 0 unspecified atom stereocenters. The Bertz CT molecular complexity index is 767. The van der Waals surface area contributed by atoms with Crippen LogP contribution in [0, 0.1) is 0 Å². The highest BCUT2D eigenvalue weighted by Crippen LogP contribution is 2.28. The van der Waals surface area contributed by atoms with Gasteiger partial charge in [0.25, 0.3) is 0 Å². The number of piperidine rings is 1. The zero-order valence-corrected chi connectivity index (χ0v) is 19.1. The number of benzene rings is 2. The van der Waals surface area contributed by atoms with E-state index < -0.39 is 0 Å². The smallest absolute Gasteiger partial charge is 0.150 e. The summed E-state index contributed by atoms with van der Waals surface area (Å²) in [5, 5.41) is 7.03. The Hall–Kier alpha value is -2.37. The topological polar surface area (TPSA) is 59.6 Å². The third-order valence-electron chi connectivity index (χ3n) is 5.18. The number of nitrogens with one attached hydrogen (secondary N) is 2.